The van der Waals surface area contributed by atoms with Crippen molar-refractivity contribution in [1.82, 2.24) is 0 Å². The molecule has 4 nitrogen and oxygen atoms in total. The standard InChI is InChI=1S/C32H26Cl2O4/c33-28-17-9-7-15-25(28)19-20-27(26-16-8-10-18-29(26)34)30(31(35)37-21-23-11-3-1-4-12-23)32(36)38-22-24-13-5-2-6-14-24/h1-20,27,30H,21-22H2/b20-19+/t27-/m1/s1. The van der Waals surface area contributed by atoms with Gasteiger partial charge in [-0.05, 0) is 34.4 Å². The molecule has 192 valence electrons. The molecule has 4 aromatic rings. The second-order valence-electron chi connectivity index (χ2n) is 8.59. The third-order valence-corrected chi connectivity index (χ3v) is 6.66. The van der Waals surface area contributed by atoms with Crippen molar-refractivity contribution in [2.75, 3.05) is 0 Å². The summed E-state index contributed by atoms with van der Waals surface area (Å²) in [6.07, 6.45) is 3.53. The maximum atomic E-state index is 13.5. The monoisotopic (exact) mass is 544 g/mol. The van der Waals surface area contributed by atoms with Crippen LogP contribution >= 0.6 is 23.2 Å². The highest BCUT2D eigenvalue weighted by Gasteiger charge is 2.38. The van der Waals surface area contributed by atoms with Gasteiger partial charge in [-0.3, -0.25) is 9.59 Å². The minimum atomic E-state index is -1.30. The molecule has 0 aliphatic rings. The topological polar surface area (TPSA) is 52.6 Å². The molecule has 6 heteroatoms. The van der Waals surface area contributed by atoms with Crippen molar-refractivity contribution in [1.29, 1.82) is 0 Å². The van der Waals surface area contributed by atoms with E-state index in [1.54, 1.807) is 42.5 Å². The molecular weight excluding hydrogens is 519 g/mol. The molecule has 0 bridgehead atoms. The van der Waals surface area contributed by atoms with Gasteiger partial charge in [0.1, 0.15) is 13.2 Å². The van der Waals surface area contributed by atoms with Gasteiger partial charge in [0, 0.05) is 16.0 Å². The molecule has 0 amide bonds. The first-order valence-corrected chi connectivity index (χ1v) is 12.9. The van der Waals surface area contributed by atoms with Crippen molar-refractivity contribution in [2.24, 2.45) is 5.92 Å². The van der Waals surface area contributed by atoms with Gasteiger partial charge in [-0.15, -0.1) is 0 Å². The van der Waals surface area contributed by atoms with Crippen molar-refractivity contribution >= 4 is 41.2 Å². The number of carbonyl (C=O) groups excluding carboxylic acids is 2. The average Bonchev–Trinajstić information content (AvgIpc) is 2.95. The average molecular weight is 545 g/mol. The summed E-state index contributed by atoms with van der Waals surface area (Å²) >= 11 is 12.9. The fraction of sp³-hybridized carbons (Fsp3) is 0.125. The third-order valence-electron chi connectivity index (χ3n) is 5.97. The zero-order valence-corrected chi connectivity index (χ0v) is 22.0. The largest absolute Gasteiger partial charge is 0.460 e. The van der Waals surface area contributed by atoms with E-state index in [1.807, 2.05) is 78.9 Å². The smallest absolute Gasteiger partial charge is 0.321 e. The number of esters is 2. The molecule has 0 aliphatic carbocycles. The molecule has 0 saturated heterocycles. The van der Waals surface area contributed by atoms with E-state index in [0.717, 1.165) is 16.7 Å². The molecule has 0 radical (unpaired) electrons. The Balaban J connectivity index is 1.69. The van der Waals surface area contributed by atoms with E-state index in [0.29, 0.717) is 15.6 Å². The van der Waals surface area contributed by atoms with Gasteiger partial charge in [-0.1, -0.05) is 132 Å². The fourth-order valence-corrected chi connectivity index (χ4v) is 4.44. The molecule has 1 atom stereocenters. The highest BCUT2D eigenvalue weighted by atomic mass is 35.5. The van der Waals surface area contributed by atoms with E-state index in [1.165, 1.54) is 0 Å². The number of rotatable bonds is 10. The first kappa shape index (κ1) is 27.2. The van der Waals surface area contributed by atoms with E-state index in [2.05, 4.69) is 0 Å². The van der Waals surface area contributed by atoms with E-state index in [4.69, 9.17) is 32.7 Å². The van der Waals surface area contributed by atoms with Crippen molar-refractivity contribution < 1.29 is 19.1 Å². The Kier molecular flexibility index (Phi) is 9.74. The van der Waals surface area contributed by atoms with E-state index in [9.17, 15) is 9.59 Å². The van der Waals surface area contributed by atoms with Crippen LogP contribution in [0.4, 0.5) is 0 Å². The first-order chi connectivity index (χ1) is 18.5. The van der Waals surface area contributed by atoms with E-state index in [-0.39, 0.29) is 13.2 Å². The summed E-state index contributed by atoms with van der Waals surface area (Å²) in [7, 11) is 0. The molecular formula is C32H26Cl2O4. The lowest BCUT2D eigenvalue weighted by molar-refractivity contribution is -0.164. The maximum absolute atomic E-state index is 13.5. The molecule has 0 unspecified atom stereocenters. The molecule has 0 heterocycles. The molecule has 0 spiro atoms. The van der Waals surface area contributed by atoms with Gasteiger partial charge in [-0.25, -0.2) is 0 Å². The number of hydrogen-bond donors (Lipinski definition) is 0. The molecule has 4 aromatic carbocycles. The quantitative estimate of drug-likeness (QED) is 0.150. The highest BCUT2D eigenvalue weighted by Crippen LogP contribution is 2.35. The van der Waals surface area contributed by atoms with Crippen molar-refractivity contribution in [3.8, 4) is 0 Å². The molecule has 0 N–H and O–H groups in total. The van der Waals surface area contributed by atoms with Crippen LogP contribution in [-0.4, -0.2) is 11.9 Å². The van der Waals surface area contributed by atoms with Gasteiger partial charge in [0.25, 0.3) is 0 Å². The number of benzene rings is 4. The van der Waals surface area contributed by atoms with Gasteiger partial charge in [0.05, 0.1) is 0 Å². The summed E-state index contributed by atoms with van der Waals surface area (Å²) < 4.78 is 11.3. The second-order valence-corrected chi connectivity index (χ2v) is 9.41. The van der Waals surface area contributed by atoms with Gasteiger partial charge >= 0.3 is 11.9 Å². The molecule has 0 fully saturated rings. The van der Waals surface area contributed by atoms with Crippen LogP contribution in [0.1, 0.15) is 28.2 Å². The lowest BCUT2D eigenvalue weighted by atomic mass is 9.85. The molecule has 0 saturated carbocycles. The first-order valence-electron chi connectivity index (χ1n) is 12.1. The predicted octanol–water partition coefficient (Wildman–Crippen LogP) is 7.89. The number of halogens is 2. The summed E-state index contributed by atoms with van der Waals surface area (Å²) in [5.41, 5.74) is 2.94. The van der Waals surface area contributed by atoms with E-state index >= 15 is 0 Å². The number of allylic oxidation sites excluding steroid dienone is 1. The van der Waals surface area contributed by atoms with Crippen LogP contribution in [0.5, 0.6) is 0 Å². The van der Waals surface area contributed by atoms with Crippen molar-refractivity contribution in [3.05, 3.63) is 148 Å². The Hall–Kier alpha value is -3.86. The fourth-order valence-electron chi connectivity index (χ4n) is 3.98. The number of carbonyl (C=O) groups is 2. The van der Waals surface area contributed by atoms with Gasteiger partial charge in [-0.2, -0.15) is 0 Å². The zero-order chi connectivity index (χ0) is 26.7. The van der Waals surface area contributed by atoms with Crippen molar-refractivity contribution in [2.45, 2.75) is 19.1 Å². The summed E-state index contributed by atoms with van der Waals surface area (Å²) in [6, 6.07) is 33.0. The number of ether oxygens (including phenoxy) is 2. The Labute approximate surface area is 232 Å². The van der Waals surface area contributed by atoms with Crippen LogP contribution in [0, 0.1) is 5.92 Å². The SMILES string of the molecule is O=C(OCc1ccccc1)C(C(=O)OCc1ccccc1)[C@H](/C=C/c1ccccc1Cl)c1ccccc1Cl. The summed E-state index contributed by atoms with van der Waals surface area (Å²) in [4.78, 5) is 27.1. The Morgan fingerprint density at radius 3 is 1.63 bits per heavy atom. The van der Waals surface area contributed by atoms with Gasteiger partial charge in [0.15, 0.2) is 5.92 Å². The van der Waals surface area contributed by atoms with Crippen molar-refractivity contribution in [3.63, 3.8) is 0 Å². The minimum absolute atomic E-state index is 0.0195. The summed E-state index contributed by atoms with van der Waals surface area (Å²) in [6.45, 7) is 0.0389. The van der Waals surface area contributed by atoms with Crippen LogP contribution in [0.25, 0.3) is 6.08 Å². The Bertz CT molecular complexity index is 1330. The molecule has 0 aliphatic heterocycles. The van der Waals surface area contributed by atoms with Crippen LogP contribution < -0.4 is 0 Å². The minimum Gasteiger partial charge on any atom is -0.460 e. The normalized spacial score (nSPS) is 11.9. The third kappa shape index (κ3) is 7.34. The van der Waals surface area contributed by atoms with Crippen LogP contribution in [0.3, 0.4) is 0 Å². The molecule has 4 rings (SSSR count). The summed E-state index contributed by atoms with van der Waals surface area (Å²) in [5, 5.41) is 0.953. The summed E-state index contributed by atoms with van der Waals surface area (Å²) in [5.74, 6) is -3.49. The lowest BCUT2D eigenvalue weighted by Crippen LogP contribution is -2.33. The number of hydrogen-bond acceptors (Lipinski definition) is 4. The van der Waals surface area contributed by atoms with Gasteiger partial charge < -0.3 is 9.47 Å². The van der Waals surface area contributed by atoms with E-state index < -0.39 is 23.8 Å². The van der Waals surface area contributed by atoms with Gasteiger partial charge in [0.2, 0.25) is 0 Å². The predicted molar refractivity (Wildman–Crippen MR) is 151 cm³/mol. The van der Waals surface area contributed by atoms with Crippen LogP contribution in [0.2, 0.25) is 10.0 Å². The lowest BCUT2D eigenvalue weighted by Gasteiger charge is -2.23. The molecule has 38 heavy (non-hydrogen) atoms. The van der Waals surface area contributed by atoms with Crippen LogP contribution in [-0.2, 0) is 32.3 Å². The Morgan fingerprint density at radius 1 is 0.632 bits per heavy atom. The Morgan fingerprint density at radius 2 is 1.11 bits per heavy atom. The second kappa shape index (κ2) is 13.6. The highest BCUT2D eigenvalue weighted by molar-refractivity contribution is 6.32. The maximum Gasteiger partial charge on any atom is 0.321 e. The zero-order valence-electron chi connectivity index (χ0n) is 20.5. The molecule has 0 aromatic heterocycles. The van der Waals surface area contributed by atoms with Crippen LogP contribution in [0.15, 0.2) is 115 Å².